The summed E-state index contributed by atoms with van der Waals surface area (Å²) in [6.07, 6.45) is 0.249. The van der Waals surface area contributed by atoms with Crippen molar-refractivity contribution in [3.05, 3.63) is 129 Å². The molecular formula is C37H42BrN3O4S. The van der Waals surface area contributed by atoms with Crippen LogP contribution in [0.15, 0.2) is 106 Å². The summed E-state index contributed by atoms with van der Waals surface area (Å²) < 4.78 is 30.5. The fourth-order valence-corrected chi connectivity index (χ4v) is 6.71. The van der Waals surface area contributed by atoms with Gasteiger partial charge in [0.2, 0.25) is 11.8 Å². The van der Waals surface area contributed by atoms with Crippen molar-refractivity contribution >= 4 is 43.5 Å². The molecule has 4 aromatic rings. The van der Waals surface area contributed by atoms with Crippen molar-refractivity contribution in [1.29, 1.82) is 0 Å². The lowest BCUT2D eigenvalue weighted by Gasteiger charge is -2.35. The number of carbonyl (C=O) groups excluding carboxylic acids is 2. The van der Waals surface area contributed by atoms with Crippen molar-refractivity contribution < 1.29 is 18.0 Å². The Balaban J connectivity index is 1.83. The second-order valence-electron chi connectivity index (χ2n) is 12.7. The zero-order valence-corrected chi connectivity index (χ0v) is 29.7. The summed E-state index contributed by atoms with van der Waals surface area (Å²) in [6, 6.07) is 28.1. The van der Waals surface area contributed by atoms with Gasteiger partial charge in [0.1, 0.15) is 12.6 Å². The minimum absolute atomic E-state index is 0.0786. The molecule has 9 heteroatoms. The molecule has 46 heavy (non-hydrogen) atoms. The van der Waals surface area contributed by atoms with E-state index in [-0.39, 0.29) is 23.8 Å². The number of halogens is 1. The minimum atomic E-state index is -4.16. The Bertz CT molecular complexity index is 1770. The molecule has 0 saturated heterocycles. The predicted molar refractivity (Wildman–Crippen MR) is 188 cm³/mol. The maximum absolute atomic E-state index is 14.6. The molecule has 0 aliphatic heterocycles. The molecule has 4 aromatic carbocycles. The first-order valence-electron chi connectivity index (χ1n) is 15.2. The summed E-state index contributed by atoms with van der Waals surface area (Å²) in [5.74, 6) is -0.817. The number of hydrogen-bond acceptors (Lipinski definition) is 4. The lowest BCUT2D eigenvalue weighted by atomic mass is 10.0. The Morgan fingerprint density at radius 1 is 0.804 bits per heavy atom. The highest BCUT2D eigenvalue weighted by Gasteiger charge is 2.35. The van der Waals surface area contributed by atoms with E-state index < -0.39 is 34.1 Å². The van der Waals surface area contributed by atoms with Gasteiger partial charge in [-0.25, -0.2) is 8.42 Å². The molecule has 0 aliphatic carbocycles. The molecule has 1 N–H and O–H groups in total. The van der Waals surface area contributed by atoms with E-state index in [0.717, 1.165) is 36.6 Å². The van der Waals surface area contributed by atoms with Gasteiger partial charge in [0.05, 0.1) is 10.6 Å². The molecule has 0 saturated carbocycles. The smallest absolute Gasteiger partial charge is 0.264 e. The zero-order valence-electron chi connectivity index (χ0n) is 27.2. The number of sulfonamides is 1. The van der Waals surface area contributed by atoms with E-state index in [1.165, 1.54) is 4.90 Å². The molecular weight excluding hydrogens is 662 g/mol. The lowest BCUT2D eigenvalue weighted by molar-refractivity contribution is -0.140. The largest absolute Gasteiger partial charge is 0.350 e. The fraction of sp³-hybridized carbons (Fsp3) is 0.297. The number of carbonyl (C=O) groups is 2. The number of nitrogens with zero attached hydrogens (tertiary/aromatic N) is 2. The van der Waals surface area contributed by atoms with E-state index in [1.807, 2.05) is 102 Å². The van der Waals surface area contributed by atoms with Gasteiger partial charge in [-0.2, -0.15) is 0 Å². The average molecular weight is 705 g/mol. The molecule has 0 bridgehead atoms. The number of aryl methyl sites for hydroxylation is 3. The maximum atomic E-state index is 14.6. The minimum Gasteiger partial charge on any atom is -0.350 e. The first-order chi connectivity index (χ1) is 21.6. The van der Waals surface area contributed by atoms with Crippen LogP contribution in [0.2, 0.25) is 0 Å². The summed E-state index contributed by atoms with van der Waals surface area (Å²) in [6.45, 7) is 11.0. The Labute approximate surface area is 281 Å². The van der Waals surface area contributed by atoms with Crippen LogP contribution in [-0.4, -0.2) is 43.3 Å². The normalized spacial score (nSPS) is 12.3. The van der Waals surface area contributed by atoms with Gasteiger partial charge in [-0.3, -0.25) is 13.9 Å². The summed E-state index contributed by atoms with van der Waals surface area (Å²) in [5.41, 5.74) is 4.31. The van der Waals surface area contributed by atoms with Crippen LogP contribution in [0.25, 0.3) is 0 Å². The van der Waals surface area contributed by atoms with Crippen molar-refractivity contribution in [3.63, 3.8) is 0 Å². The Morgan fingerprint density at radius 2 is 1.43 bits per heavy atom. The van der Waals surface area contributed by atoms with Gasteiger partial charge in [-0.15, -0.1) is 0 Å². The van der Waals surface area contributed by atoms with Crippen LogP contribution in [-0.2, 0) is 32.6 Å². The lowest BCUT2D eigenvalue weighted by Crippen LogP contribution is -2.56. The second kappa shape index (κ2) is 14.6. The highest BCUT2D eigenvalue weighted by atomic mass is 79.9. The molecule has 0 aliphatic rings. The Morgan fingerprint density at radius 3 is 2.02 bits per heavy atom. The average Bonchev–Trinajstić information content (AvgIpc) is 2.99. The predicted octanol–water partition coefficient (Wildman–Crippen LogP) is 7.12. The Kier molecular flexibility index (Phi) is 11.1. The van der Waals surface area contributed by atoms with Crippen molar-refractivity contribution in [3.8, 4) is 0 Å². The number of rotatable bonds is 11. The molecule has 0 spiro atoms. The summed E-state index contributed by atoms with van der Waals surface area (Å²) >= 11 is 3.47. The first-order valence-corrected chi connectivity index (χ1v) is 17.4. The SMILES string of the molecule is Cc1ccc(S(=O)(=O)N(CC(=O)N(Cc2ccc(Br)cc2)C(Cc2ccccc2)C(=O)NC(C)(C)C)c2ccc(C)c(C)c2)cc1. The van der Waals surface area contributed by atoms with E-state index in [0.29, 0.717) is 5.69 Å². The van der Waals surface area contributed by atoms with Crippen LogP contribution in [0.1, 0.15) is 48.6 Å². The van der Waals surface area contributed by atoms with E-state index in [9.17, 15) is 18.0 Å². The number of anilines is 1. The fourth-order valence-electron chi connectivity index (χ4n) is 5.04. The van der Waals surface area contributed by atoms with Crippen LogP contribution in [0.5, 0.6) is 0 Å². The molecule has 2 amide bonds. The molecule has 242 valence electrons. The van der Waals surface area contributed by atoms with Crippen LogP contribution in [0, 0.1) is 20.8 Å². The Hall–Kier alpha value is -3.95. The van der Waals surface area contributed by atoms with Gasteiger partial charge < -0.3 is 10.2 Å². The van der Waals surface area contributed by atoms with Crippen LogP contribution in [0.3, 0.4) is 0 Å². The van der Waals surface area contributed by atoms with Crippen LogP contribution >= 0.6 is 15.9 Å². The number of nitrogens with one attached hydrogen (secondary N) is 1. The summed E-state index contributed by atoms with van der Waals surface area (Å²) in [5, 5.41) is 3.06. The second-order valence-corrected chi connectivity index (χ2v) is 15.5. The van der Waals surface area contributed by atoms with Gasteiger partial charge >= 0.3 is 0 Å². The number of hydrogen-bond donors (Lipinski definition) is 1. The van der Waals surface area contributed by atoms with E-state index in [1.54, 1.807) is 36.4 Å². The van der Waals surface area contributed by atoms with Crippen molar-refractivity contribution in [1.82, 2.24) is 10.2 Å². The van der Waals surface area contributed by atoms with Crippen molar-refractivity contribution in [2.24, 2.45) is 0 Å². The highest BCUT2D eigenvalue weighted by molar-refractivity contribution is 9.10. The van der Waals surface area contributed by atoms with Gasteiger partial charge in [0.25, 0.3) is 10.0 Å². The monoisotopic (exact) mass is 703 g/mol. The number of benzene rings is 4. The molecule has 0 heterocycles. The van der Waals surface area contributed by atoms with E-state index >= 15 is 0 Å². The molecule has 1 unspecified atom stereocenters. The third-order valence-corrected chi connectivity index (χ3v) is 10.0. The summed E-state index contributed by atoms with van der Waals surface area (Å²) in [4.78, 5) is 30.2. The highest BCUT2D eigenvalue weighted by Crippen LogP contribution is 2.27. The third kappa shape index (κ3) is 9.07. The first kappa shape index (κ1) is 34.9. The maximum Gasteiger partial charge on any atom is 0.264 e. The zero-order chi connectivity index (χ0) is 33.6. The third-order valence-electron chi connectivity index (χ3n) is 7.70. The molecule has 0 aromatic heterocycles. The molecule has 0 radical (unpaired) electrons. The van der Waals surface area contributed by atoms with Crippen molar-refractivity contribution in [2.75, 3.05) is 10.8 Å². The van der Waals surface area contributed by atoms with E-state index in [4.69, 9.17) is 0 Å². The van der Waals surface area contributed by atoms with Crippen LogP contribution in [0.4, 0.5) is 5.69 Å². The van der Waals surface area contributed by atoms with Gasteiger partial charge in [0.15, 0.2) is 0 Å². The number of amides is 2. The van der Waals surface area contributed by atoms with Gasteiger partial charge in [-0.1, -0.05) is 82.2 Å². The molecule has 4 rings (SSSR count). The van der Waals surface area contributed by atoms with Gasteiger partial charge in [-0.05, 0) is 100 Å². The van der Waals surface area contributed by atoms with Gasteiger partial charge in [0, 0.05) is 23.0 Å². The summed E-state index contributed by atoms with van der Waals surface area (Å²) in [7, 11) is -4.16. The topological polar surface area (TPSA) is 86.8 Å². The standard InChI is InChI=1S/C37H42BrN3O4S/c1-26-12-20-33(21-13-26)46(44,45)41(32-19-14-27(2)28(3)22-32)25-35(42)40(24-30-15-17-31(38)18-16-30)34(36(43)39-37(4,5)6)23-29-10-8-7-9-11-29/h7-22,34H,23-25H2,1-6H3,(H,39,43). The van der Waals surface area contributed by atoms with Crippen molar-refractivity contribution in [2.45, 2.75) is 71.0 Å². The molecule has 0 fully saturated rings. The molecule has 1 atom stereocenters. The molecule has 7 nitrogen and oxygen atoms in total. The quantitative estimate of drug-likeness (QED) is 0.180. The van der Waals surface area contributed by atoms with E-state index in [2.05, 4.69) is 21.2 Å². The van der Waals surface area contributed by atoms with Crippen LogP contribution < -0.4 is 9.62 Å².